The second kappa shape index (κ2) is 4.86. The molecule has 0 bridgehead atoms. The summed E-state index contributed by atoms with van der Waals surface area (Å²) in [5.74, 6) is -0.451. The van der Waals surface area contributed by atoms with Gasteiger partial charge in [-0.1, -0.05) is 62.6 Å². The van der Waals surface area contributed by atoms with Gasteiger partial charge in [0.1, 0.15) is 5.60 Å². The van der Waals surface area contributed by atoms with Crippen molar-refractivity contribution >= 4 is 0 Å². The fourth-order valence-corrected chi connectivity index (χ4v) is 1.91. The highest BCUT2D eigenvalue weighted by atomic mass is 16.3. The maximum atomic E-state index is 10.6. The van der Waals surface area contributed by atoms with Crippen LogP contribution in [-0.2, 0) is 5.60 Å². The highest BCUT2D eigenvalue weighted by Gasteiger charge is 2.41. The molecule has 0 aliphatic rings. The van der Waals surface area contributed by atoms with Gasteiger partial charge in [-0.25, -0.2) is 0 Å². The van der Waals surface area contributed by atoms with Crippen LogP contribution in [0.2, 0.25) is 0 Å². The smallest absolute Gasteiger partial charge is 0.106 e. The maximum Gasteiger partial charge on any atom is 0.106 e. The summed E-state index contributed by atoms with van der Waals surface area (Å²) < 4.78 is 0. The molecule has 0 radical (unpaired) electrons. The van der Waals surface area contributed by atoms with Crippen LogP contribution in [0.15, 0.2) is 55.6 Å². The van der Waals surface area contributed by atoms with E-state index in [1.165, 1.54) is 12.2 Å². The van der Waals surface area contributed by atoms with Crippen molar-refractivity contribution in [2.45, 2.75) is 25.0 Å². The second-order valence-electron chi connectivity index (χ2n) is 4.53. The van der Waals surface area contributed by atoms with Crippen molar-refractivity contribution in [3.8, 4) is 0 Å². The van der Waals surface area contributed by atoms with E-state index >= 15 is 0 Å². The molecule has 0 amide bonds. The molecular weight excluding hydrogens is 212 g/mol. The Morgan fingerprint density at radius 2 is 1.59 bits per heavy atom. The Morgan fingerprint density at radius 3 is 2.00 bits per heavy atom. The molecule has 0 heterocycles. The third-order valence-electron chi connectivity index (χ3n) is 3.55. The zero-order chi connectivity index (χ0) is 13.1. The number of hydrogen-bond donors (Lipinski definition) is 2. The van der Waals surface area contributed by atoms with Gasteiger partial charge in [0.05, 0.1) is 5.60 Å². The fourth-order valence-electron chi connectivity index (χ4n) is 1.91. The Bertz CT molecular complexity index is 385. The van der Waals surface area contributed by atoms with E-state index in [-0.39, 0.29) is 0 Å². The molecule has 1 aromatic carbocycles. The van der Waals surface area contributed by atoms with Crippen molar-refractivity contribution in [2.75, 3.05) is 0 Å². The summed E-state index contributed by atoms with van der Waals surface area (Å²) in [4.78, 5) is 0. The predicted molar refractivity (Wildman–Crippen MR) is 70.5 cm³/mol. The summed E-state index contributed by atoms with van der Waals surface area (Å²) in [5, 5.41) is 20.9. The van der Waals surface area contributed by atoms with Gasteiger partial charge in [0, 0.05) is 5.92 Å². The molecule has 0 spiro atoms. The van der Waals surface area contributed by atoms with Crippen LogP contribution in [-0.4, -0.2) is 15.8 Å². The van der Waals surface area contributed by atoms with E-state index in [0.717, 1.165) is 5.56 Å². The molecule has 17 heavy (non-hydrogen) atoms. The molecule has 0 saturated heterocycles. The minimum atomic E-state index is -1.29. The Kier molecular flexibility index (Phi) is 3.91. The van der Waals surface area contributed by atoms with Gasteiger partial charge < -0.3 is 10.2 Å². The third-order valence-corrected chi connectivity index (χ3v) is 3.55. The van der Waals surface area contributed by atoms with Crippen molar-refractivity contribution in [1.82, 2.24) is 0 Å². The molecule has 0 fully saturated rings. The average Bonchev–Trinajstić information content (AvgIpc) is 2.38. The topological polar surface area (TPSA) is 40.5 Å². The SMILES string of the molecule is C=CC(O)(C=C)C(C)C(C)(O)c1ccccc1. The van der Waals surface area contributed by atoms with E-state index in [2.05, 4.69) is 13.2 Å². The van der Waals surface area contributed by atoms with Gasteiger partial charge >= 0.3 is 0 Å². The minimum Gasteiger partial charge on any atom is -0.385 e. The van der Waals surface area contributed by atoms with Crippen molar-refractivity contribution in [1.29, 1.82) is 0 Å². The van der Waals surface area contributed by atoms with E-state index in [0.29, 0.717) is 0 Å². The molecule has 92 valence electrons. The van der Waals surface area contributed by atoms with Gasteiger partial charge in [-0.05, 0) is 12.5 Å². The zero-order valence-electron chi connectivity index (χ0n) is 10.4. The molecule has 0 saturated carbocycles. The highest BCUT2D eigenvalue weighted by Crippen LogP contribution is 2.37. The Hall–Kier alpha value is -1.38. The summed E-state index contributed by atoms with van der Waals surface area (Å²) in [6.07, 6.45) is 2.81. The summed E-state index contributed by atoms with van der Waals surface area (Å²) in [5.41, 5.74) is -1.69. The standard InChI is InChI=1S/C15H20O2/c1-5-15(17,6-2)12(3)14(4,16)13-10-8-7-9-11-13/h5-12,16-17H,1-2H2,3-4H3. The molecular formula is C15H20O2. The Labute approximate surface area is 103 Å². The van der Waals surface area contributed by atoms with Crippen LogP contribution in [0.1, 0.15) is 19.4 Å². The number of rotatable bonds is 5. The summed E-state index contributed by atoms with van der Waals surface area (Å²) in [7, 11) is 0. The molecule has 2 N–H and O–H groups in total. The van der Waals surface area contributed by atoms with E-state index in [1.807, 2.05) is 30.3 Å². The predicted octanol–water partition coefficient (Wildman–Crippen LogP) is 2.63. The first-order valence-electron chi connectivity index (χ1n) is 5.66. The van der Waals surface area contributed by atoms with Crippen LogP contribution in [0.4, 0.5) is 0 Å². The molecule has 2 heteroatoms. The normalized spacial score (nSPS) is 16.9. The van der Waals surface area contributed by atoms with Crippen LogP contribution in [0.3, 0.4) is 0 Å². The van der Waals surface area contributed by atoms with E-state index in [4.69, 9.17) is 0 Å². The van der Waals surface area contributed by atoms with Crippen molar-refractivity contribution < 1.29 is 10.2 Å². The second-order valence-corrected chi connectivity index (χ2v) is 4.53. The monoisotopic (exact) mass is 232 g/mol. The van der Waals surface area contributed by atoms with Gasteiger partial charge in [-0.3, -0.25) is 0 Å². The zero-order valence-corrected chi connectivity index (χ0v) is 10.4. The van der Waals surface area contributed by atoms with Crippen molar-refractivity contribution in [3.63, 3.8) is 0 Å². The first-order chi connectivity index (χ1) is 7.88. The first kappa shape index (κ1) is 13.7. The van der Waals surface area contributed by atoms with Crippen LogP contribution >= 0.6 is 0 Å². The van der Waals surface area contributed by atoms with Crippen molar-refractivity contribution in [2.24, 2.45) is 5.92 Å². The van der Waals surface area contributed by atoms with Gasteiger partial charge in [0.2, 0.25) is 0 Å². The van der Waals surface area contributed by atoms with Crippen LogP contribution in [0, 0.1) is 5.92 Å². The lowest BCUT2D eigenvalue weighted by molar-refractivity contribution is -0.0699. The van der Waals surface area contributed by atoms with Crippen LogP contribution in [0.5, 0.6) is 0 Å². The average molecular weight is 232 g/mol. The lowest BCUT2D eigenvalue weighted by Crippen LogP contribution is -2.44. The van der Waals surface area contributed by atoms with Crippen LogP contribution in [0.25, 0.3) is 0 Å². The van der Waals surface area contributed by atoms with Crippen LogP contribution < -0.4 is 0 Å². The minimum absolute atomic E-state index is 0.451. The Morgan fingerprint density at radius 1 is 1.12 bits per heavy atom. The molecule has 1 aromatic rings. The highest BCUT2D eigenvalue weighted by molar-refractivity contribution is 5.26. The molecule has 0 aliphatic heterocycles. The number of hydrogen-bond acceptors (Lipinski definition) is 2. The molecule has 1 rings (SSSR count). The van der Waals surface area contributed by atoms with Gasteiger partial charge in [0.25, 0.3) is 0 Å². The lowest BCUT2D eigenvalue weighted by Gasteiger charge is -2.39. The molecule has 0 aromatic heterocycles. The largest absolute Gasteiger partial charge is 0.385 e. The maximum absolute atomic E-state index is 10.6. The van der Waals surface area contributed by atoms with Gasteiger partial charge in [0.15, 0.2) is 0 Å². The van der Waals surface area contributed by atoms with Gasteiger partial charge in [-0.2, -0.15) is 0 Å². The van der Waals surface area contributed by atoms with Crippen molar-refractivity contribution in [3.05, 3.63) is 61.2 Å². The summed E-state index contributed by atoms with van der Waals surface area (Å²) >= 11 is 0. The molecule has 0 aliphatic carbocycles. The fraction of sp³-hybridized carbons (Fsp3) is 0.333. The first-order valence-corrected chi connectivity index (χ1v) is 5.66. The molecule has 2 nitrogen and oxygen atoms in total. The number of benzene rings is 1. The Balaban J connectivity index is 3.14. The molecule has 2 atom stereocenters. The van der Waals surface area contributed by atoms with E-state index in [1.54, 1.807) is 13.8 Å². The summed E-state index contributed by atoms with van der Waals surface area (Å²) in [6.45, 7) is 10.7. The van der Waals surface area contributed by atoms with Gasteiger partial charge in [-0.15, -0.1) is 0 Å². The van der Waals surface area contributed by atoms with E-state index < -0.39 is 17.1 Å². The number of aliphatic hydroxyl groups is 2. The summed E-state index contributed by atoms with van der Waals surface area (Å²) in [6, 6.07) is 9.28. The quantitative estimate of drug-likeness (QED) is 0.766. The molecule has 2 unspecified atom stereocenters. The third kappa shape index (κ3) is 2.48. The lowest BCUT2D eigenvalue weighted by atomic mass is 9.74. The van der Waals surface area contributed by atoms with E-state index in [9.17, 15) is 10.2 Å².